The fourth-order valence-electron chi connectivity index (χ4n) is 1.40. The molecule has 0 aliphatic carbocycles. The Bertz CT molecular complexity index is 488. The van der Waals surface area contributed by atoms with Crippen LogP contribution in [0.5, 0.6) is 5.75 Å². The molecule has 0 unspecified atom stereocenters. The molecule has 0 aliphatic rings. The van der Waals surface area contributed by atoms with Crippen LogP contribution in [-0.4, -0.2) is 26.5 Å². The molecule has 0 aromatic heterocycles. The van der Waals surface area contributed by atoms with E-state index in [2.05, 4.69) is 15.9 Å². The second-order valence-corrected chi connectivity index (χ2v) is 6.86. The van der Waals surface area contributed by atoms with Gasteiger partial charge in [0, 0.05) is 16.6 Å². The van der Waals surface area contributed by atoms with E-state index >= 15 is 0 Å². The average molecular weight is 339 g/mol. The summed E-state index contributed by atoms with van der Waals surface area (Å²) in [6, 6.07) is 4.28. The molecule has 0 saturated carbocycles. The van der Waals surface area contributed by atoms with E-state index in [0.717, 1.165) is 0 Å². The monoisotopic (exact) mass is 338 g/mol. The summed E-state index contributed by atoms with van der Waals surface area (Å²) in [6.45, 7) is 1.93. The van der Waals surface area contributed by atoms with Gasteiger partial charge in [0.2, 0.25) is 0 Å². The van der Waals surface area contributed by atoms with Crippen LogP contribution in [-0.2, 0) is 15.2 Å². The van der Waals surface area contributed by atoms with Crippen molar-refractivity contribution in [2.45, 2.75) is 18.7 Å². The van der Waals surface area contributed by atoms with Gasteiger partial charge in [-0.2, -0.15) is 0 Å². The van der Waals surface area contributed by atoms with E-state index in [-0.39, 0.29) is 17.3 Å². The first-order valence-corrected chi connectivity index (χ1v) is 8.60. The van der Waals surface area contributed by atoms with Crippen LogP contribution in [0.4, 0.5) is 4.39 Å². The highest BCUT2D eigenvalue weighted by Crippen LogP contribution is 2.22. The zero-order valence-electron chi connectivity index (χ0n) is 10.2. The first kappa shape index (κ1) is 15.4. The molecule has 0 spiro atoms. The molecule has 1 aromatic rings. The van der Waals surface area contributed by atoms with Crippen LogP contribution in [0.1, 0.15) is 18.9 Å². The SMILES string of the molecule is CCS(=O)(=O)CCCOc1ccc(F)cc1CBr. The molecule has 102 valence electrons. The van der Waals surface area contributed by atoms with Crippen LogP contribution >= 0.6 is 15.9 Å². The maximum Gasteiger partial charge on any atom is 0.150 e. The lowest BCUT2D eigenvalue weighted by Crippen LogP contribution is -2.12. The van der Waals surface area contributed by atoms with Gasteiger partial charge in [0.1, 0.15) is 21.4 Å². The Hall–Kier alpha value is -0.620. The third-order valence-electron chi connectivity index (χ3n) is 2.46. The van der Waals surface area contributed by atoms with E-state index in [4.69, 9.17) is 4.74 Å². The molecular formula is C12H16BrFO3S. The van der Waals surface area contributed by atoms with Gasteiger partial charge in [-0.3, -0.25) is 0 Å². The molecule has 0 aliphatic heterocycles. The van der Waals surface area contributed by atoms with E-state index < -0.39 is 9.84 Å². The maximum atomic E-state index is 13.0. The van der Waals surface area contributed by atoms with Crippen molar-refractivity contribution in [3.63, 3.8) is 0 Å². The minimum absolute atomic E-state index is 0.119. The summed E-state index contributed by atoms with van der Waals surface area (Å²) in [5, 5.41) is 0.493. The first-order valence-electron chi connectivity index (χ1n) is 5.66. The van der Waals surface area contributed by atoms with Gasteiger partial charge < -0.3 is 4.74 Å². The molecule has 18 heavy (non-hydrogen) atoms. The van der Waals surface area contributed by atoms with Crippen molar-refractivity contribution >= 4 is 25.8 Å². The lowest BCUT2D eigenvalue weighted by Gasteiger charge is -2.10. The number of hydrogen-bond acceptors (Lipinski definition) is 3. The van der Waals surface area contributed by atoms with Gasteiger partial charge in [-0.1, -0.05) is 22.9 Å². The van der Waals surface area contributed by atoms with Crippen LogP contribution in [0.3, 0.4) is 0 Å². The number of hydrogen-bond donors (Lipinski definition) is 0. The van der Waals surface area contributed by atoms with Gasteiger partial charge in [0.25, 0.3) is 0 Å². The fraction of sp³-hybridized carbons (Fsp3) is 0.500. The van der Waals surface area contributed by atoms with Crippen molar-refractivity contribution in [1.29, 1.82) is 0 Å². The second-order valence-electron chi connectivity index (χ2n) is 3.82. The molecule has 0 fully saturated rings. The summed E-state index contributed by atoms with van der Waals surface area (Å²) in [5.74, 6) is 0.539. The molecule has 0 bridgehead atoms. The van der Waals surface area contributed by atoms with Gasteiger partial charge in [0.05, 0.1) is 12.4 Å². The Morgan fingerprint density at radius 3 is 2.72 bits per heavy atom. The smallest absolute Gasteiger partial charge is 0.150 e. The van der Waals surface area contributed by atoms with Crippen molar-refractivity contribution in [2.24, 2.45) is 0 Å². The summed E-state index contributed by atoms with van der Waals surface area (Å²) >= 11 is 3.25. The number of ether oxygens (including phenoxy) is 1. The molecular weight excluding hydrogens is 323 g/mol. The van der Waals surface area contributed by atoms with Gasteiger partial charge in [0.15, 0.2) is 0 Å². The van der Waals surface area contributed by atoms with Crippen LogP contribution in [0.2, 0.25) is 0 Å². The topological polar surface area (TPSA) is 43.4 Å². The Balaban J connectivity index is 2.49. The molecule has 1 rings (SSSR count). The van der Waals surface area contributed by atoms with Crippen LogP contribution in [0.25, 0.3) is 0 Å². The predicted octanol–water partition coefficient (Wildman–Crippen LogP) is 2.92. The van der Waals surface area contributed by atoms with Crippen LogP contribution in [0.15, 0.2) is 18.2 Å². The number of alkyl halides is 1. The van der Waals surface area contributed by atoms with E-state index in [0.29, 0.717) is 29.7 Å². The van der Waals surface area contributed by atoms with E-state index in [1.165, 1.54) is 12.1 Å². The Morgan fingerprint density at radius 1 is 1.39 bits per heavy atom. The Labute approximate surface area is 115 Å². The summed E-state index contributed by atoms with van der Waals surface area (Å²) < 4.78 is 41.0. The Kier molecular flexibility index (Phi) is 6.08. The molecule has 1 aromatic carbocycles. The minimum Gasteiger partial charge on any atom is -0.493 e. The second kappa shape index (κ2) is 7.09. The summed E-state index contributed by atoms with van der Waals surface area (Å²) in [5.41, 5.74) is 0.716. The first-order chi connectivity index (χ1) is 8.48. The number of benzene rings is 1. The van der Waals surface area contributed by atoms with Crippen molar-refractivity contribution in [3.05, 3.63) is 29.6 Å². The van der Waals surface area contributed by atoms with Gasteiger partial charge >= 0.3 is 0 Å². The third kappa shape index (κ3) is 4.94. The lowest BCUT2D eigenvalue weighted by molar-refractivity contribution is 0.315. The van der Waals surface area contributed by atoms with E-state index in [9.17, 15) is 12.8 Å². The summed E-state index contributed by atoms with van der Waals surface area (Å²) in [6.07, 6.45) is 0.440. The van der Waals surface area contributed by atoms with Crippen molar-refractivity contribution < 1.29 is 17.5 Å². The predicted molar refractivity (Wildman–Crippen MR) is 73.5 cm³/mol. The largest absolute Gasteiger partial charge is 0.493 e. The molecule has 0 atom stereocenters. The number of rotatable bonds is 7. The third-order valence-corrected chi connectivity index (χ3v) is 4.86. The lowest BCUT2D eigenvalue weighted by atomic mass is 10.2. The van der Waals surface area contributed by atoms with E-state index in [1.807, 2.05) is 0 Å². The van der Waals surface area contributed by atoms with Gasteiger partial charge in [-0.15, -0.1) is 0 Å². The van der Waals surface area contributed by atoms with Crippen LogP contribution in [0, 0.1) is 5.82 Å². The highest BCUT2D eigenvalue weighted by Gasteiger charge is 2.08. The summed E-state index contributed by atoms with van der Waals surface area (Å²) in [4.78, 5) is 0. The zero-order valence-corrected chi connectivity index (χ0v) is 12.6. The minimum atomic E-state index is -2.95. The summed E-state index contributed by atoms with van der Waals surface area (Å²) in [7, 11) is -2.95. The van der Waals surface area contributed by atoms with Crippen molar-refractivity contribution in [2.75, 3.05) is 18.1 Å². The molecule has 0 heterocycles. The van der Waals surface area contributed by atoms with Crippen molar-refractivity contribution in [1.82, 2.24) is 0 Å². The van der Waals surface area contributed by atoms with Gasteiger partial charge in [-0.25, -0.2) is 12.8 Å². The normalized spacial score (nSPS) is 11.5. The Morgan fingerprint density at radius 2 is 2.11 bits per heavy atom. The molecule has 0 N–H and O–H groups in total. The fourth-order valence-corrected chi connectivity index (χ4v) is 2.68. The maximum absolute atomic E-state index is 13.0. The number of halogens is 2. The number of sulfone groups is 1. The standard InChI is InChI=1S/C12H16BrFO3S/c1-2-18(15,16)7-3-6-17-12-5-4-11(14)8-10(12)9-13/h4-5,8H,2-3,6-7,9H2,1H3. The van der Waals surface area contributed by atoms with Crippen molar-refractivity contribution in [3.8, 4) is 5.75 Å². The molecule has 3 nitrogen and oxygen atoms in total. The zero-order chi connectivity index (χ0) is 13.6. The molecule has 6 heteroatoms. The highest BCUT2D eigenvalue weighted by molar-refractivity contribution is 9.08. The molecule has 0 radical (unpaired) electrons. The quantitative estimate of drug-likeness (QED) is 0.567. The molecule has 0 amide bonds. The van der Waals surface area contributed by atoms with E-state index in [1.54, 1.807) is 13.0 Å². The molecule has 0 saturated heterocycles. The average Bonchev–Trinajstić information content (AvgIpc) is 2.36. The highest BCUT2D eigenvalue weighted by atomic mass is 79.9. The van der Waals surface area contributed by atoms with Gasteiger partial charge in [-0.05, 0) is 24.6 Å². The van der Waals surface area contributed by atoms with Crippen LogP contribution < -0.4 is 4.74 Å².